The SMILES string of the molecule is O=C(NCCSCc1ccc(Cl)cc1)c1ccc([C@H]2SCC(=O)N2Cc2ccccc2)cc1. The van der Waals surface area contributed by atoms with E-state index in [0.29, 0.717) is 24.4 Å². The van der Waals surface area contributed by atoms with E-state index in [0.717, 1.165) is 27.7 Å². The molecule has 3 aromatic rings. The van der Waals surface area contributed by atoms with Gasteiger partial charge in [-0.15, -0.1) is 11.8 Å². The summed E-state index contributed by atoms with van der Waals surface area (Å²) < 4.78 is 0. The monoisotopic (exact) mass is 496 g/mol. The maximum Gasteiger partial charge on any atom is 0.251 e. The number of hydrogen-bond donors (Lipinski definition) is 1. The fourth-order valence-corrected chi connectivity index (χ4v) is 5.72. The fourth-order valence-electron chi connectivity index (χ4n) is 3.59. The fraction of sp³-hybridized carbons (Fsp3) is 0.231. The molecular formula is C26H25ClN2O2S2. The molecule has 1 heterocycles. The number of nitrogens with zero attached hydrogens (tertiary/aromatic N) is 1. The van der Waals surface area contributed by atoms with Crippen LogP contribution in [0.5, 0.6) is 0 Å². The van der Waals surface area contributed by atoms with Gasteiger partial charge in [0.1, 0.15) is 5.37 Å². The van der Waals surface area contributed by atoms with Crippen LogP contribution in [0.15, 0.2) is 78.9 Å². The van der Waals surface area contributed by atoms with Crippen molar-refractivity contribution in [3.8, 4) is 0 Å². The van der Waals surface area contributed by atoms with Gasteiger partial charge in [0.2, 0.25) is 5.91 Å². The lowest BCUT2D eigenvalue weighted by atomic mass is 10.1. The van der Waals surface area contributed by atoms with Crippen LogP contribution in [0.3, 0.4) is 0 Å². The van der Waals surface area contributed by atoms with Crippen molar-refractivity contribution in [2.45, 2.75) is 17.7 Å². The van der Waals surface area contributed by atoms with Gasteiger partial charge < -0.3 is 10.2 Å². The Bertz CT molecular complexity index is 1080. The molecule has 1 N–H and O–H groups in total. The van der Waals surface area contributed by atoms with E-state index < -0.39 is 0 Å². The molecule has 0 unspecified atom stereocenters. The van der Waals surface area contributed by atoms with Crippen LogP contribution in [0.2, 0.25) is 5.02 Å². The molecule has 0 aliphatic carbocycles. The second kappa shape index (κ2) is 11.6. The molecule has 4 rings (SSSR count). The maximum atomic E-state index is 12.5. The first-order valence-electron chi connectivity index (χ1n) is 10.8. The van der Waals surface area contributed by atoms with Gasteiger partial charge in [0.05, 0.1) is 5.75 Å². The summed E-state index contributed by atoms with van der Waals surface area (Å²) in [5.41, 5.74) is 4.00. The molecule has 1 atom stereocenters. The zero-order valence-electron chi connectivity index (χ0n) is 18.1. The quantitative estimate of drug-likeness (QED) is 0.382. The number of benzene rings is 3. The summed E-state index contributed by atoms with van der Waals surface area (Å²) >= 11 is 9.31. The highest BCUT2D eigenvalue weighted by molar-refractivity contribution is 8.00. The van der Waals surface area contributed by atoms with Crippen LogP contribution in [-0.2, 0) is 17.1 Å². The molecule has 0 aromatic heterocycles. The van der Waals surface area contributed by atoms with E-state index >= 15 is 0 Å². The van der Waals surface area contributed by atoms with Crippen molar-refractivity contribution in [3.05, 3.63) is 106 Å². The van der Waals surface area contributed by atoms with Crippen molar-refractivity contribution in [1.29, 1.82) is 0 Å². The van der Waals surface area contributed by atoms with Crippen LogP contribution in [-0.4, -0.2) is 34.8 Å². The van der Waals surface area contributed by atoms with Crippen LogP contribution in [0.4, 0.5) is 0 Å². The standard InChI is InChI=1S/C26H25ClN2O2S2/c27-23-12-6-20(7-13-23)17-32-15-14-28-25(31)21-8-10-22(11-9-21)26-29(24(30)18-33-26)16-19-4-2-1-3-5-19/h1-13,26H,14-18H2,(H,28,31)/t26-/m1/s1. The number of carbonyl (C=O) groups is 2. The van der Waals surface area contributed by atoms with Crippen LogP contribution in [0.1, 0.15) is 32.4 Å². The van der Waals surface area contributed by atoms with Crippen molar-refractivity contribution in [1.82, 2.24) is 10.2 Å². The molecule has 2 amide bonds. The van der Waals surface area contributed by atoms with Gasteiger partial charge in [-0.05, 0) is 41.0 Å². The number of amides is 2. The molecule has 1 fully saturated rings. The Balaban J connectivity index is 1.26. The Kier molecular flexibility index (Phi) is 8.37. The van der Waals surface area contributed by atoms with Gasteiger partial charge in [0.25, 0.3) is 5.91 Å². The van der Waals surface area contributed by atoms with E-state index in [-0.39, 0.29) is 17.2 Å². The lowest BCUT2D eigenvalue weighted by Gasteiger charge is -2.24. The van der Waals surface area contributed by atoms with Crippen LogP contribution in [0.25, 0.3) is 0 Å². The molecule has 1 saturated heterocycles. The van der Waals surface area contributed by atoms with Crippen LogP contribution < -0.4 is 5.32 Å². The van der Waals surface area contributed by atoms with Crippen molar-refractivity contribution >= 4 is 46.9 Å². The predicted octanol–water partition coefficient (Wildman–Crippen LogP) is 5.78. The summed E-state index contributed by atoms with van der Waals surface area (Å²) in [5, 5.41) is 3.69. The first-order valence-corrected chi connectivity index (χ1v) is 13.3. The summed E-state index contributed by atoms with van der Waals surface area (Å²) in [6.45, 7) is 1.20. The number of carbonyl (C=O) groups excluding carboxylic acids is 2. The van der Waals surface area contributed by atoms with E-state index in [2.05, 4.69) is 5.32 Å². The lowest BCUT2D eigenvalue weighted by Crippen LogP contribution is -2.28. The molecule has 4 nitrogen and oxygen atoms in total. The molecule has 170 valence electrons. The van der Waals surface area contributed by atoms with Crippen molar-refractivity contribution in [3.63, 3.8) is 0 Å². The molecule has 1 aliphatic rings. The van der Waals surface area contributed by atoms with Gasteiger partial charge in [-0.2, -0.15) is 11.8 Å². The number of halogens is 1. The van der Waals surface area contributed by atoms with Gasteiger partial charge in [0.15, 0.2) is 0 Å². The summed E-state index contributed by atoms with van der Waals surface area (Å²) in [5.74, 6) is 2.27. The number of hydrogen-bond acceptors (Lipinski definition) is 4. The van der Waals surface area contributed by atoms with E-state index in [1.165, 1.54) is 5.56 Å². The van der Waals surface area contributed by atoms with Crippen molar-refractivity contribution in [2.24, 2.45) is 0 Å². The Hall–Kier alpha value is -2.41. The molecule has 0 radical (unpaired) electrons. The summed E-state index contributed by atoms with van der Waals surface area (Å²) in [4.78, 5) is 26.9. The average Bonchev–Trinajstić information content (AvgIpc) is 3.20. The molecule has 0 spiro atoms. The Morgan fingerprint density at radius 1 is 1.00 bits per heavy atom. The van der Waals surface area contributed by atoms with Gasteiger partial charge in [-0.3, -0.25) is 9.59 Å². The lowest BCUT2D eigenvalue weighted by molar-refractivity contribution is -0.128. The topological polar surface area (TPSA) is 49.4 Å². The summed E-state index contributed by atoms with van der Waals surface area (Å²) in [6, 6.07) is 25.4. The highest BCUT2D eigenvalue weighted by Crippen LogP contribution is 2.39. The minimum Gasteiger partial charge on any atom is -0.351 e. The minimum absolute atomic E-state index is 0.0286. The van der Waals surface area contributed by atoms with Gasteiger partial charge in [0, 0.05) is 35.2 Å². The second-order valence-corrected chi connectivity index (χ2v) is 10.3. The first-order chi connectivity index (χ1) is 16.1. The second-order valence-electron chi connectivity index (χ2n) is 7.73. The summed E-state index contributed by atoms with van der Waals surface area (Å²) in [7, 11) is 0. The van der Waals surface area contributed by atoms with Crippen LogP contribution in [0, 0.1) is 0 Å². The maximum absolute atomic E-state index is 12.5. The van der Waals surface area contributed by atoms with Gasteiger partial charge >= 0.3 is 0 Å². The zero-order valence-corrected chi connectivity index (χ0v) is 20.5. The highest BCUT2D eigenvalue weighted by Gasteiger charge is 2.32. The normalized spacial score (nSPS) is 15.6. The van der Waals surface area contributed by atoms with Crippen molar-refractivity contribution in [2.75, 3.05) is 18.1 Å². The van der Waals surface area contributed by atoms with E-state index in [9.17, 15) is 9.59 Å². The molecule has 33 heavy (non-hydrogen) atoms. The minimum atomic E-state index is -0.0788. The zero-order chi connectivity index (χ0) is 23.0. The van der Waals surface area contributed by atoms with E-state index in [1.807, 2.05) is 83.8 Å². The van der Waals surface area contributed by atoms with E-state index in [4.69, 9.17) is 11.6 Å². The largest absolute Gasteiger partial charge is 0.351 e. The smallest absolute Gasteiger partial charge is 0.251 e. The predicted molar refractivity (Wildman–Crippen MR) is 139 cm³/mol. The third-order valence-electron chi connectivity index (χ3n) is 5.34. The molecule has 1 aliphatic heterocycles. The van der Waals surface area contributed by atoms with Gasteiger partial charge in [-0.25, -0.2) is 0 Å². The van der Waals surface area contributed by atoms with E-state index in [1.54, 1.807) is 23.5 Å². The number of thioether (sulfide) groups is 2. The first kappa shape index (κ1) is 23.7. The molecular weight excluding hydrogens is 472 g/mol. The third kappa shape index (κ3) is 6.56. The highest BCUT2D eigenvalue weighted by atomic mass is 35.5. The Morgan fingerprint density at radius 2 is 1.73 bits per heavy atom. The molecule has 0 bridgehead atoms. The third-order valence-corrected chi connectivity index (χ3v) is 7.87. The Morgan fingerprint density at radius 3 is 2.45 bits per heavy atom. The molecule has 3 aromatic carbocycles. The van der Waals surface area contributed by atoms with Gasteiger partial charge in [-0.1, -0.05) is 66.2 Å². The van der Waals surface area contributed by atoms with Crippen LogP contribution >= 0.6 is 35.1 Å². The number of nitrogens with one attached hydrogen (secondary N) is 1. The average molecular weight is 497 g/mol. The summed E-state index contributed by atoms with van der Waals surface area (Å²) in [6.07, 6.45) is 0. The molecule has 7 heteroatoms. The van der Waals surface area contributed by atoms with Crippen molar-refractivity contribution < 1.29 is 9.59 Å². The molecule has 0 saturated carbocycles. The Labute approximate surface area is 208 Å². The number of rotatable bonds is 9.